The van der Waals surface area contributed by atoms with Crippen molar-refractivity contribution in [2.45, 2.75) is 26.7 Å². The van der Waals surface area contributed by atoms with Crippen molar-refractivity contribution in [3.63, 3.8) is 0 Å². The molecule has 0 atom stereocenters. The number of fused-ring (bicyclic) bond motifs is 1. The van der Waals surface area contributed by atoms with Crippen molar-refractivity contribution in [3.8, 4) is 0 Å². The SMILES string of the molecule is Cc1cc2c(=O)o[nH]c2cc1C(C)C. The van der Waals surface area contributed by atoms with E-state index in [1.54, 1.807) is 0 Å². The maximum Gasteiger partial charge on any atom is 0.365 e. The molecule has 2 rings (SSSR count). The zero-order valence-electron chi connectivity index (χ0n) is 8.55. The highest BCUT2D eigenvalue weighted by Gasteiger charge is 2.09. The summed E-state index contributed by atoms with van der Waals surface area (Å²) in [5.41, 5.74) is 2.87. The van der Waals surface area contributed by atoms with Crippen LogP contribution in [0.5, 0.6) is 0 Å². The molecule has 0 aliphatic heterocycles. The molecule has 0 fully saturated rings. The van der Waals surface area contributed by atoms with Gasteiger partial charge in [0.25, 0.3) is 0 Å². The Morgan fingerprint density at radius 1 is 1.36 bits per heavy atom. The third kappa shape index (κ3) is 1.25. The van der Waals surface area contributed by atoms with Crippen LogP contribution in [0.15, 0.2) is 21.5 Å². The van der Waals surface area contributed by atoms with Gasteiger partial charge < -0.3 is 4.52 Å². The van der Waals surface area contributed by atoms with Crippen LogP contribution in [-0.4, -0.2) is 5.16 Å². The van der Waals surface area contributed by atoms with Crippen LogP contribution in [0.1, 0.15) is 30.9 Å². The van der Waals surface area contributed by atoms with Crippen molar-refractivity contribution in [2.24, 2.45) is 0 Å². The number of H-pyrrole nitrogens is 1. The first-order chi connectivity index (χ1) is 6.59. The van der Waals surface area contributed by atoms with Crippen molar-refractivity contribution >= 4 is 10.9 Å². The average Bonchev–Trinajstić information content (AvgIpc) is 2.46. The predicted octanol–water partition coefficient (Wildman–Crippen LogP) is 2.55. The highest BCUT2D eigenvalue weighted by atomic mass is 16.5. The summed E-state index contributed by atoms with van der Waals surface area (Å²) in [7, 11) is 0. The van der Waals surface area contributed by atoms with Crippen LogP contribution in [0, 0.1) is 6.92 Å². The molecule has 1 aromatic heterocycles. The van der Waals surface area contributed by atoms with Crippen LogP contribution in [-0.2, 0) is 0 Å². The van der Waals surface area contributed by atoms with Gasteiger partial charge in [0.15, 0.2) is 0 Å². The fraction of sp³-hybridized carbons (Fsp3) is 0.364. The van der Waals surface area contributed by atoms with Crippen molar-refractivity contribution in [1.82, 2.24) is 5.16 Å². The maximum atomic E-state index is 11.2. The number of benzene rings is 1. The minimum atomic E-state index is -0.293. The fourth-order valence-corrected chi connectivity index (χ4v) is 1.76. The topological polar surface area (TPSA) is 46.0 Å². The van der Waals surface area contributed by atoms with Gasteiger partial charge in [0.1, 0.15) is 0 Å². The van der Waals surface area contributed by atoms with Crippen molar-refractivity contribution < 1.29 is 4.52 Å². The first kappa shape index (κ1) is 9.06. The predicted molar refractivity (Wildman–Crippen MR) is 55.7 cm³/mol. The zero-order chi connectivity index (χ0) is 10.3. The minimum absolute atomic E-state index is 0.293. The Kier molecular flexibility index (Phi) is 1.95. The molecular weight excluding hydrogens is 178 g/mol. The Balaban J connectivity index is 2.79. The van der Waals surface area contributed by atoms with E-state index in [2.05, 4.69) is 19.0 Å². The summed E-state index contributed by atoms with van der Waals surface area (Å²) in [5.74, 6) is 0.456. The van der Waals surface area contributed by atoms with Gasteiger partial charge in [-0.1, -0.05) is 13.8 Å². The summed E-state index contributed by atoms with van der Waals surface area (Å²) in [4.78, 5) is 11.2. The highest BCUT2D eigenvalue weighted by molar-refractivity contribution is 5.79. The summed E-state index contributed by atoms with van der Waals surface area (Å²) in [6.45, 7) is 6.28. The Morgan fingerprint density at radius 2 is 2.07 bits per heavy atom. The first-order valence-corrected chi connectivity index (χ1v) is 4.71. The van der Waals surface area contributed by atoms with Crippen molar-refractivity contribution in [1.29, 1.82) is 0 Å². The number of aromatic amines is 1. The second-order valence-electron chi connectivity index (χ2n) is 3.90. The van der Waals surface area contributed by atoms with Gasteiger partial charge in [-0.15, -0.1) is 0 Å². The number of nitrogens with one attached hydrogen (secondary N) is 1. The summed E-state index contributed by atoms with van der Waals surface area (Å²) >= 11 is 0. The van der Waals surface area contributed by atoms with Crippen LogP contribution in [0.4, 0.5) is 0 Å². The molecule has 1 N–H and O–H groups in total. The van der Waals surface area contributed by atoms with E-state index in [-0.39, 0.29) is 5.63 Å². The molecule has 3 heteroatoms. The van der Waals surface area contributed by atoms with E-state index in [0.29, 0.717) is 11.3 Å². The molecule has 0 spiro atoms. The number of hydrogen-bond donors (Lipinski definition) is 1. The molecule has 0 aliphatic rings. The number of aromatic nitrogens is 1. The molecule has 2 aromatic rings. The quantitative estimate of drug-likeness (QED) is 0.752. The van der Waals surface area contributed by atoms with Gasteiger partial charge in [-0.25, -0.2) is 9.95 Å². The molecule has 14 heavy (non-hydrogen) atoms. The lowest BCUT2D eigenvalue weighted by Gasteiger charge is -2.08. The van der Waals surface area contributed by atoms with Crippen LogP contribution >= 0.6 is 0 Å². The van der Waals surface area contributed by atoms with Gasteiger partial charge >= 0.3 is 5.63 Å². The molecule has 1 aromatic carbocycles. The summed E-state index contributed by atoms with van der Waals surface area (Å²) in [6, 6.07) is 3.87. The van der Waals surface area contributed by atoms with Gasteiger partial charge in [-0.3, -0.25) is 0 Å². The molecular formula is C11H13NO2. The van der Waals surface area contributed by atoms with E-state index in [0.717, 1.165) is 11.1 Å². The van der Waals surface area contributed by atoms with Gasteiger partial charge in [0.2, 0.25) is 0 Å². The van der Waals surface area contributed by atoms with Crippen molar-refractivity contribution in [3.05, 3.63) is 33.7 Å². The smallest absolute Gasteiger partial charge is 0.338 e. The Bertz CT molecular complexity index is 520. The molecule has 0 saturated heterocycles. The second kappa shape index (κ2) is 3.01. The van der Waals surface area contributed by atoms with Crippen LogP contribution in [0.25, 0.3) is 10.9 Å². The number of hydrogen-bond acceptors (Lipinski definition) is 2. The molecule has 0 radical (unpaired) electrons. The Hall–Kier alpha value is -1.51. The average molecular weight is 191 g/mol. The number of aryl methyl sites for hydroxylation is 1. The van der Waals surface area contributed by atoms with Gasteiger partial charge in [0, 0.05) is 0 Å². The lowest BCUT2D eigenvalue weighted by atomic mass is 9.97. The normalized spacial score (nSPS) is 11.4. The monoisotopic (exact) mass is 191 g/mol. The van der Waals surface area contributed by atoms with Crippen molar-refractivity contribution in [2.75, 3.05) is 0 Å². The fourth-order valence-electron chi connectivity index (χ4n) is 1.76. The molecule has 1 heterocycles. The molecule has 0 saturated carbocycles. The molecule has 0 aliphatic carbocycles. The van der Waals surface area contributed by atoms with Gasteiger partial charge in [-0.2, -0.15) is 0 Å². The van der Waals surface area contributed by atoms with E-state index < -0.39 is 0 Å². The van der Waals surface area contributed by atoms with E-state index in [9.17, 15) is 4.79 Å². The first-order valence-electron chi connectivity index (χ1n) is 4.71. The van der Waals surface area contributed by atoms with Crippen LogP contribution in [0.3, 0.4) is 0 Å². The van der Waals surface area contributed by atoms with Gasteiger partial charge in [-0.05, 0) is 36.1 Å². The maximum absolute atomic E-state index is 11.2. The Morgan fingerprint density at radius 3 is 2.71 bits per heavy atom. The molecule has 74 valence electrons. The largest absolute Gasteiger partial charge is 0.365 e. The van der Waals surface area contributed by atoms with Crippen LogP contribution < -0.4 is 5.63 Å². The van der Waals surface area contributed by atoms with Crippen LogP contribution in [0.2, 0.25) is 0 Å². The van der Waals surface area contributed by atoms with E-state index in [4.69, 9.17) is 4.52 Å². The molecule has 3 nitrogen and oxygen atoms in total. The molecule has 0 bridgehead atoms. The third-order valence-corrected chi connectivity index (χ3v) is 2.50. The Labute approximate surface area is 81.7 Å². The second-order valence-corrected chi connectivity index (χ2v) is 3.90. The lowest BCUT2D eigenvalue weighted by molar-refractivity contribution is 0.400. The third-order valence-electron chi connectivity index (χ3n) is 2.50. The standard InChI is InChI=1S/C11H13NO2/c1-6(2)8-5-10-9(4-7(8)3)11(13)14-12-10/h4-6,12H,1-3H3. The highest BCUT2D eigenvalue weighted by Crippen LogP contribution is 2.22. The van der Waals surface area contributed by atoms with E-state index in [1.165, 1.54) is 5.56 Å². The molecule has 0 unspecified atom stereocenters. The number of rotatable bonds is 1. The van der Waals surface area contributed by atoms with Gasteiger partial charge in [0.05, 0.1) is 10.9 Å². The summed E-state index contributed by atoms with van der Waals surface area (Å²) in [6.07, 6.45) is 0. The summed E-state index contributed by atoms with van der Waals surface area (Å²) in [5, 5.41) is 3.25. The van der Waals surface area contributed by atoms with E-state index in [1.807, 2.05) is 19.1 Å². The lowest BCUT2D eigenvalue weighted by Crippen LogP contribution is -1.95. The molecule has 0 amide bonds. The summed E-state index contributed by atoms with van der Waals surface area (Å²) < 4.78 is 4.72. The zero-order valence-corrected chi connectivity index (χ0v) is 8.55. The van der Waals surface area contributed by atoms with E-state index >= 15 is 0 Å². The minimum Gasteiger partial charge on any atom is -0.338 e.